The molecule has 1 aromatic heterocycles. The summed E-state index contributed by atoms with van der Waals surface area (Å²) in [5, 5.41) is 0. The first-order valence-electron chi connectivity index (χ1n) is 3.82. The molecular weight excluding hydrogens is 141 g/mol. The number of aromatic nitrogens is 1. The van der Waals surface area contributed by atoms with Crippen LogP contribution < -0.4 is 0 Å². The highest BCUT2D eigenvalue weighted by Crippen LogP contribution is 2.47. The van der Waals surface area contributed by atoms with E-state index in [-0.39, 0.29) is 11.2 Å². The summed E-state index contributed by atoms with van der Waals surface area (Å²) in [6.07, 6.45) is 5.33. The molecule has 1 aliphatic carbocycles. The quantitative estimate of drug-likeness (QED) is 0.600. The summed E-state index contributed by atoms with van der Waals surface area (Å²) in [5.74, 6) is -0.226. The average Bonchev–Trinajstić information content (AvgIpc) is 2.70. The summed E-state index contributed by atoms with van der Waals surface area (Å²) in [5.41, 5.74) is 1.27. The van der Waals surface area contributed by atoms with Crippen molar-refractivity contribution in [3.8, 4) is 0 Å². The molecule has 0 atom stereocenters. The summed E-state index contributed by atoms with van der Waals surface area (Å²) >= 11 is 0. The van der Waals surface area contributed by atoms with Gasteiger partial charge in [-0.2, -0.15) is 0 Å². The molecule has 0 amide bonds. The fourth-order valence-electron chi connectivity index (χ4n) is 1.22. The smallest absolute Gasteiger partial charge is 0.141 e. The largest absolute Gasteiger partial charge is 0.261 e. The maximum atomic E-state index is 12.7. The first kappa shape index (κ1) is 6.77. The minimum atomic E-state index is -0.226. The Labute approximate surface area is 65.3 Å². The van der Waals surface area contributed by atoms with Gasteiger partial charge in [0, 0.05) is 6.20 Å². The second-order valence-electron chi connectivity index (χ2n) is 3.45. The molecule has 0 radical (unpaired) electrons. The van der Waals surface area contributed by atoms with Gasteiger partial charge in [0.25, 0.3) is 0 Å². The van der Waals surface area contributed by atoms with Crippen molar-refractivity contribution < 1.29 is 4.39 Å². The number of halogens is 1. The summed E-state index contributed by atoms with van der Waals surface area (Å²) in [6.45, 7) is 2.14. The van der Waals surface area contributed by atoms with E-state index in [1.54, 1.807) is 12.3 Å². The first-order chi connectivity index (χ1) is 5.21. The van der Waals surface area contributed by atoms with E-state index in [1.165, 1.54) is 6.20 Å². The predicted octanol–water partition coefficient (Wildman–Crippen LogP) is 2.27. The van der Waals surface area contributed by atoms with E-state index in [1.807, 2.05) is 0 Å². The number of nitrogens with zero attached hydrogens (tertiary/aromatic N) is 1. The van der Waals surface area contributed by atoms with Crippen molar-refractivity contribution in [1.82, 2.24) is 4.98 Å². The molecule has 2 rings (SSSR count). The van der Waals surface area contributed by atoms with Gasteiger partial charge in [0.15, 0.2) is 0 Å². The van der Waals surface area contributed by atoms with E-state index in [0.29, 0.717) is 0 Å². The zero-order valence-corrected chi connectivity index (χ0v) is 6.47. The second-order valence-corrected chi connectivity index (χ2v) is 3.45. The molecule has 1 heterocycles. The van der Waals surface area contributed by atoms with Crippen LogP contribution in [-0.2, 0) is 5.41 Å². The molecule has 0 aromatic carbocycles. The SMILES string of the molecule is CC1(c2cncc(F)c2)CC1. The van der Waals surface area contributed by atoms with Crippen molar-refractivity contribution in [1.29, 1.82) is 0 Å². The first-order valence-corrected chi connectivity index (χ1v) is 3.82. The van der Waals surface area contributed by atoms with Crippen LogP contribution in [0, 0.1) is 5.82 Å². The molecule has 0 bridgehead atoms. The van der Waals surface area contributed by atoms with Gasteiger partial charge in [-0.05, 0) is 29.9 Å². The lowest BCUT2D eigenvalue weighted by Crippen LogP contribution is -2.00. The summed E-state index contributed by atoms with van der Waals surface area (Å²) < 4.78 is 12.7. The molecule has 0 aliphatic heterocycles. The van der Waals surface area contributed by atoms with Gasteiger partial charge >= 0.3 is 0 Å². The lowest BCUT2D eigenvalue weighted by molar-refractivity contribution is 0.613. The van der Waals surface area contributed by atoms with E-state index in [2.05, 4.69) is 11.9 Å². The fourth-order valence-corrected chi connectivity index (χ4v) is 1.22. The van der Waals surface area contributed by atoms with Crippen LogP contribution in [0.25, 0.3) is 0 Å². The van der Waals surface area contributed by atoms with E-state index < -0.39 is 0 Å². The van der Waals surface area contributed by atoms with Gasteiger partial charge in [0.1, 0.15) is 5.82 Å². The zero-order valence-electron chi connectivity index (χ0n) is 6.47. The molecule has 58 valence electrons. The molecule has 1 aromatic rings. The van der Waals surface area contributed by atoms with Crippen LogP contribution in [0.3, 0.4) is 0 Å². The van der Waals surface area contributed by atoms with Crippen LogP contribution in [0.2, 0.25) is 0 Å². The van der Waals surface area contributed by atoms with Crippen LogP contribution in [0.15, 0.2) is 18.5 Å². The van der Waals surface area contributed by atoms with Gasteiger partial charge in [0.05, 0.1) is 6.20 Å². The number of hydrogen-bond acceptors (Lipinski definition) is 1. The third-order valence-electron chi connectivity index (χ3n) is 2.40. The number of hydrogen-bond donors (Lipinski definition) is 0. The Balaban J connectivity index is 2.38. The monoisotopic (exact) mass is 151 g/mol. The Hall–Kier alpha value is -0.920. The Bertz CT molecular complexity index is 279. The van der Waals surface area contributed by atoms with Crippen LogP contribution in [-0.4, -0.2) is 4.98 Å². The maximum absolute atomic E-state index is 12.7. The highest BCUT2D eigenvalue weighted by molar-refractivity contribution is 5.27. The van der Waals surface area contributed by atoms with Gasteiger partial charge in [0.2, 0.25) is 0 Å². The van der Waals surface area contributed by atoms with Crippen molar-refractivity contribution in [2.24, 2.45) is 0 Å². The molecule has 11 heavy (non-hydrogen) atoms. The van der Waals surface area contributed by atoms with Crippen LogP contribution in [0.1, 0.15) is 25.3 Å². The molecule has 0 unspecified atom stereocenters. The fraction of sp³-hybridized carbons (Fsp3) is 0.444. The van der Waals surface area contributed by atoms with E-state index in [0.717, 1.165) is 18.4 Å². The van der Waals surface area contributed by atoms with Gasteiger partial charge in [-0.15, -0.1) is 0 Å². The number of rotatable bonds is 1. The minimum absolute atomic E-state index is 0.226. The highest BCUT2D eigenvalue weighted by atomic mass is 19.1. The maximum Gasteiger partial charge on any atom is 0.141 e. The Kier molecular flexibility index (Phi) is 1.25. The Morgan fingerprint density at radius 2 is 2.18 bits per heavy atom. The van der Waals surface area contributed by atoms with Crippen molar-refractivity contribution in [3.05, 3.63) is 29.8 Å². The topological polar surface area (TPSA) is 12.9 Å². The van der Waals surface area contributed by atoms with Crippen molar-refractivity contribution in [2.45, 2.75) is 25.2 Å². The van der Waals surface area contributed by atoms with Crippen LogP contribution >= 0.6 is 0 Å². The standard InChI is InChI=1S/C9H10FN/c1-9(2-3-9)7-4-8(10)6-11-5-7/h4-6H,2-3H2,1H3. The molecule has 2 heteroatoms. The summed E-state index contributed by atoms with van der Waals surface area (Å²) in [7, 11) is 0. The van der Waals surface area contributed by atoms with Gasteiger partial charge < -0.3 is 0 Å². The number of pyridine rings is 1. The summed E-state index contributed by atoms with van der Waals surface area (Å²) in [4.78, 5) is 3.82. The second kappa shape index (κ2) is 2.03. The molecule has 1 fully saturated rings. The molecular formula is C9H10FN. The molecule has 1 nitrogen and oxygen atoms in total. The molecule has 0 N–H and O–H groups in total. The molecule has 0 spiro atoms. The predicted molar refractivity (Wildman–Crippen MR) is 40.8 cm³/mol. The molecule has 1 aliphatic rings. The Morgan fingerprint density at radius 3 is 2.73 bits per heavy atom. The normalized spacial score (nSPS) is 19.8. The van der Waals surface area contributed by atoms with E-state index in [4.69, 9.17) is 0 Å². The lowest BCUT2D eigenvalue weighted by Gasteiger charge is -2.06. The van der Waals surface area contributed by atoms with E-state index >= 15 is 0 Å². The Morgan fingerprint density at radius 1 is 1.45 bits per heavy atom. The van der Waals surface area contributed by atoms with Crippen molar-refractivity contribution in [2.75, 3.05) is 0 Å². The lowest BCUT2D eigenvalue weighted by atomic mass is 10.0. The third-order valence-corrected chi connectivity index (χ3v) is 2.40. The van der Waals surface area contributed by atoms with Gasteiger partial charge in [-0.25, -0.2) is 4.39 Å². The van der Waals surface area contributed by atoms with Crippen molar-refractivity contribution in [3.63, 3.8) is 0 Å². The van der Waals surface area contributed by atoms with Crippen LogP contribution in [0.4, 0.5) is 4.39 Å². The molecule has 0 saturated heterocycles. The third kappa shape index (κ3) is 1.13. The van der Waals surface area contributed by atoms with E-state index in [9.17, 15) is 4.39 Å². The average molecular weight is 151 g/mol. The van der Waals surface area contributed by atoms with Gasteiger partial charge in [-0.1, -0.05) is 6.92 Å². The molecule has 1 saturated carbocycles. The summed E-state index contributed by atoms with van der Waals surface area (Å²) in [6, 6.07) is 1.58. The van der Waals surface area contributed by atoms with Crippen LogP contribution in [0.5, 0.6) is 0 Å². The zero-order chi connectivity index (χ0) is 7.90. The van der Waals surface area contributed by atoms with Gasteiger partial charge in [-0.3, -0.25) is 4.98 Å². The minimum Gasteiger partial charge on any atom is -0.261 e. The van der Waals surface area contributed by atoms with Crippen molar-refractivity contribution >= 4 is 0 Å². The highest BCUT2D eigenvalue weighted by Gasteiger charge is 2.39.